The second-order valence-corrected chi connectivity index (χ2v) is 4.62. The molecule has 1 aliphatic carbocycles. The fourth-order valence-electron chi connectivity index (χ4n) is 2.75. The van der Waals surface area contributed by atoms with Crippen LogP contribution in [0.5, 0.6) is 0 Å². The first-order valence-corrected chi connectivity index (χ1v) is 5.69. The van der Waals surface area contributed by atoms with Crippen LogP contribution in [0.4, 0.5) is 0 Å². The molecule has 0 bridgehead atoms. The molecule has 0 unspecified atom stereocenters. The van der Waals surface area contributed by atoms with Crippen LogP contribution in [-0.4, -0.2) is 36.9 Å². The monoisotopic (exact) mass is 210 g/mol. The van der Waals surface area contributed by atoms with Gasteiger partial charge in [-0.15, -0.1) is 0 Å². The van der Waals surface area contributed by atoms with Crippen LogP contribution in [0.25, 0.3) is 0 Å². The van der Waals surface area contributed by atoms with Crippen LogP contribution in [0.15, 0.2) is 0 Å². The van der Waals surface area contributed by atoms with Crippen molar-refractivity contribution in [1.82, 2.24) is 10.2 Å². The van der Waals surface area contributed by atoms with Crippen molar-refractivity contribution in [3.63, 3.8) is 0 Å². The van der Waals surface area contributed by atoms with E-state index >= 15 is 0 Å². The summed E-state index contributed by atoms with van der Waals surface area (Å²) in [6.45, 7) is 1.21. The summed E-state index contributed by atoms with van der Waals surface area (Å²) in [6, 6.07) is 0. The molecule has 0 radical (unpaired) electrons. The smallest absolute Gasteiger partial charge is 0.235 e. The van der Waals surface area contributed by atoms with Gasteiger partial charge in [-0.25, -0.2) is 0 Å². The first kappa shape index (κ1) is 10.6. The second-order valence-electron chi connectivity index (χ2n) is 4.62. The maximum atomic E-state index is 12.1. The molecule has 4 nitrogen and oxygen atoms in total. The van der Waals surface area contributed by atoms with Gasteiger partial charge in [0.05, 0.1) is 5.41 Å². The molecule has 2 fully saturated rings. The summed E-state index contributed by atoms with van der Waals surface area (Å²) in [5.74, 6) is 0.109. The van der Waals surface area contributed by atoms with Gasteiger partial charge < -0.3 is 5.32 Å². The highest BCUT2D eigenvalue weighted by atomic mass is 16.2. The van der Waals surface area contributed by atoms with Crippen LogP contribution in [0.3, 0.4) is 0 Å². The van der Waals surface area contributed by atoms with E-state index in [9.17, 15) is 9.59 Å². The van der Waals surface area contributed by atoms with Gasteiger partial charge in [-0.2, -0.15) is 0 Å². The minimum absolute atomic E-state index is 0.0251. The van der Waals surface area contributed by atoms with E-state index in [1.165, 1.54) is 4.90 Å². The van der Waals surface area contributed by atoms with Gasteiger partial charge in [-0.05, 0) is 19.9 Å². The first-order valence-electron chi connectivity index (χ1n) is 5.69. The molecule has 2 amide bonds. The van der Waals surface area contributed by atoms with Crippen LogP contribution >= 0.6 is 0 Å². The van der Waals surface area contributed by atoms with Crippen LogP contribution in [0, 0.1) is 5.41 Å². The van der Waals surface area contributed by atoms with E-state index in [0.29, 0.717) is 19.5 Å². The lowest BCUT2D eigenvalue weighted by molar-refractivity contribution is -0.141. The molecule has 0 aromatic carbocycles. The van der Waals surface area contributed by atoms with Crippen molar-refractivity contribution in [2.75, 3.05) is 20.1 Å². The first-order chi connectivity index (χ1) is 7.19. The molecule has 1 saturated carbocycles. The van der Waals surface area contributed by atoms with Gasteiger partial charge >= 0.3 is 0 Å². The lowest BCUT2D eigenvalue weighted by Crippen LogP contribution is -2.38. The Hall–Kier alpha value is -0.900. The minimum Gasteiger partial charge on any atom is -0.318 e. The molecule has 0 aromatic rings. The lowest BCUT2D eigenvalue weighted by atomic mass is 9.84. The molecule has 1 heterocycles. The Labute approximate surface area is 90.0 Å². The van der Waals surface area contributed by atoms with Crippen LogP contribution in [0.1, 0.15) is 32.1 Å². The Morgan fingerprint density at radius 1 is 1.33 bits per heavy atom. The van der Waals surface area contributed by atoms with E-state index in [2.05, 4.69) is 5.32 Å². The molecule has 1 aliphatic heterocycles. The van der Waals surface area contributed by atoms with Crippen LogP contribution in [0.2, 0.25) is 0 Å². The number of nitrogens with zero attached hydrogens (tertiary/aromatic N) is 1. The fraction of sp³-hybridized carbons (Fsp3) is 0.818. The highest BCUT2D eigenvalue weighted by molar-refractivity contribution is 6.06. The molecule has 2 aliphatic rings. The van der Waals surface area contributed by atoms with Gasteiger partial charge in [0.2, 0.25) is 11.8 Å². The summed E-state index contributed by atoms with van der Waals surface area (Å²) in [5.41, 5.74) is -0.301. The van der Waals surface area contributed by atoms with Gasteiger partial charge in [-0.3, -0.25) is 14.5 Å². The molecule has 15 heavy (non-hydrogen) atoms. The third-order valence-corrected chi connectivity index (χ3v) is 3.64. The predicted octanol–water partition coefficient (Wildman–Crippen LogP) is 0.525. The Morgan fingerprint density at radius 3 is 2.60 bits per heavy atom. The van der Waals surface area contributed by atoms with Crippen molar-refractivity contribution in [2.24, 2.45) is 5.41 Å². The molecular weight excluding hydrogens is 192 g/mol. The van der Waals surface area contributed by atoms with Crippen molar-refractivity contribution in [2.45, 2.75) is 32.1 Å². The third-order valence-electron chi connectivity index (χ3n) is 3.64. The summed E-state index contributed by atoms with van der Waals surface area (Å²) in [6.07, 6.45) is 4.47. The molecule has 84 valence electrons. The molecule has 1 saturated heterocycles. The standard InChI is InChI=1S/C11H18N2O2/c1-12-6-7-13-9(14)8-11(10(13)15)4-2-3-5-11/h12H,2-8H2,1H3. The van der Waals surface area contributed by atoms with Gasteiger partial charge in [-0.1, -0.05) is 12.8 Å². The van der Waals surface area contributed by atoms with E-state index in [4.69, 9.17) is 0 Å². The Bertz CT molecular complexity index is 282. The molecular formula is C11H18N2O2. The van der Waals surface area contributed by atoms with E-state index in [-0.39, 0.29) is 17.2 Å². The maximum Gasteiger partial charge on any atom is 0.235 e. The summed E-state index contributed by atoms with van der Waals surface area (Å²) in [4.78, 5) is 25.3. The predicted molar refractivity (Wildman–Crippen MR) is 56.2 cm³/mol. The number of carbonyl (C=O) groups excluding carboxylic acids is 2. The normalized spacial score (nSPS) is 24.5. The van der Waals surface area contributed by atoms with E-state index < -0.39 is 0 Å². The number of carbonyl (C=O) groups is 2. The number of rotatable bonds is 3. The SMILES string of the molecule is CNCCN1C(=O)CC2(CCCC2)C1=O. The molecule has 0 atom stereocenters. The van der Waals surface area contributed by atoms with E-state index in [1.54, 1.807) is 0 Å². The number of imide groups is 1. The van der Waals surface area contributed by atoms with Crippen molar-refractivity contribution in [1.29, 1.82) is 0 Å². The van der Waals surface area contributed by atoms with Crippen molar-refractivity contribution >= 4 is 11.8 Å². The number of hydrogen-bond donors (Lipinski definition) is 1. The molecule has 0 aromatic heterocycles. The molecule has 1 spiro atoms. The largest absolute Gasteiger partial charge is 0.318 e. The zero-order valence-corrected chi connectivity index (χ0v) is 9.21. The Morgan fingerprint density at radius 2 is 2.00 bits per heavy atom. The van der Waals surface area contributed by atoms with Gasteiger partial charge in [0.25, 0.3) is 0 Å². The molecule has 1 N–H and O–H groups in total. The lowest BCUT2D eigenvalue weighted by Gasteiger charge is -2.20. The number of hydrogen-bond acceptors (Lipinski definition) is 3. The maximum absolute atomic E-state index is 12.1. The Kier molecular flexibility index (Phi) is 2.78. The summed E-state index contributed by atoms with van der Waals surface area (Å²) in [7, 11) is 1.83. The van der Waals surface area contributed by atoms with Crippen LogP contribution < -0.4 is 5.32 Å². The molecule has 2 rings (SSSR count). The van der Waals surface area contributed by atoms with Crippen LogP contribution in [-0.2, 0) is 9.59 Å². The quantitative estimate of drug-likeness (QED) is 0.691. The Balaban J connectivity index is 2.08. The van der Waals surface area contributed by atoms with Crippen molar-refractivity contribution in [3.8, 4) is 0 Å². The minimum atomic E-state index is -0.301. The second kappa shape index (κ2) is 3.93. The summed E-state index contributed by atoms with van der Waals surface area (Å²) < 4.78 is 0. The fourth-order valence-corrected chi connectivity index (χ4v) is 2.75. The number of amides is 2. The van der Waals surface area contributed by atoms with Gasteiger partial charge in [0.1, 0.15) is 0 Å². The highest BCUT2D eigenvalue weighted by Crippen LogP contribution is 2.46. The highest BCUT2D eigenvalue weighted by Gasteiger charge is 2.52. The van der Waals surface area contributed by atoms with E-state index in [1.807, 2.05) is 7.05 Å². The van der Waals surface area contributed by atoms with Crippen molar-refractivity contribution < 1.29 is 9.59 Å². The number of nitrogens with one attached hydrogen (secondary N) is 1. The van der Waals surface area contributed by atoms with Gasteiger partial charge in [0, 0.05) is 19.5 Å². The number of likely N-dealkylation sites (tertiary alicyclic amines) is 1. The average molecular weight is 210 g/mol. The molecule has 4 heteroatoms. The number of likely N-dealkylation sites (N-methyl/N-ethyl adjacent to an activating group) is 1. The van der Waals surface area contributed by atoms with Crippen molar-refractivity contribution in [3.05, 3.63) is 0 Å². The average Bonchev–Trinajstić information content (AvgIpc) is 2.75. The zero-order valence-electron chi connectivity index (χ0n) is 9.21. The third kappa shape index (κ3) is 1.67. The van der Waals surface area contributed by atoms with E-state index in [0.717, 1.165) is 25.7 Å². The summed E-state index contributed by atoms with van der Waals surface area (Å²) in [5, 5.41) is 2.97. The van der Waals surface area contributed by atoms with Gasteiger partial charge in [0.15, 0.2) is 0 Å². The summed E-state index contributed by atoms with van der Waals surface area (Å²) >= 11 is 0. The topological polar surface area (TPSA) is 49.4 Å². The zero-order chi connectivity index (χ0) is 10.9.